The van der Waals surface area contributed by atoms with Gasteiger partial charge in [0.15, 0.2) is 0 Å². The molecule has 0 atom stereocenters. The molecule has 0 saturated carbocycles. The minimum atomic E-state index is -1.10. The second-order valence-corrected chi connectivity index (χ2v) is 8.87. The Hall–Kier alpha value is -2.93. The molecule has 2 heterocycles. The van der Waals surface area contributed by atoms with Crippen molar-refractivity contribution in [3.05, 3.63) is 83.0 Å². The maximum absolute atomic E-state index is 11.1. The molecule has 0 unspecified atom stereocenters. The van der Waals surface area contributed by atoms with E-state index in [2.05, 4.69) is 5.10 Å². The van der Waals surface area contributed by atoms with Gasteiger partial charge in [-0.3, -0.25) is 0 Å². The quantitative estimate of drug-likeness (QED) is 0.410. The molecule has 0 bridgehead atoms. The number of aromatic carboxylic acids is 1. The molecule has 2 aromatic heterocycles. The number of aliphatic hydroxyl groups is 1. The molecule has 7 heteroatoms. The molecule has 4 rings (SSSR count). The van der Waals surface area contributed by atoms with Crippen molar-refractivity contribution < 1.29 is 15.0 Å². The van der Waals surface area contributed by atoms with Crippen LogP contribution < -0.4 is 0 Å². The van der Waals surface area contributed by atoms with Crippen LogP contribution in [0.5, 0.6) is 0 Å². The van der Waals surface area contributed by atoms with E-state index in [1.807, 2.05) is 36.4 Å². The van der Waals surface area contributed by atoms with E-state index in [1.54, 1.807) is 60.2 Å². The summed E-state index contributed by atoms with van der Waals surface area (Å²) in [6, 6.07) is 20.1. The predicted molar refractivity (Wildman–Crippen MR) is 120 cm³/mol. The first-order valence-electron chi connectivity index (χ1n) is 9.26. The van der Waals surface area contributed by atoms with E-state index in [4.69, 9.17) is 16.7 Å². The number of hydrogen-bond donors (Lipinski definition) is 2. The van der Waals surface area contributed by atoms with Crippen LogP contribution in [0.3, 0.4) is 0 Å². The smallest absolute Gasteiger partial charge is 0.335 e. The summed E-state index contributed by atoms with van der Waals surface area (Å²) in [6.07, 6.45) is 0. The van der Waals surface area contributed by atoms with Gasteiger partial charge in [-0.1, -0.05) is 35.9 Å². The highest BCUT2D eigenvalue weighted by molar-refractivity contribution is 7.18. The van der Waals surface area contributed by atoms with Crippen LogP contribution in [-0.4, -0.2) is 26.0 Å². The van der Waals surface area contributed by atoms with Crippen molar-refractivity contribution in [1.82, 2.24) is 9.78 Å². The Balaban J connectivity index is 1.80. The van der Waals surface area contributed by atoms with E-state index in [-0.39, 0.29) is 5.56 Å². The summed E-state index contributed by atoms with van der Waals surface area (Å²) in [4.78, 5) is 13.0. The van der Waals surface area contributed by atoms with E-state index >= 15 is 0 Å². The average Bonchev–Trinajstić information content (AvgIpc) is 3.35. The zero-order chi connectivity index (χ0) is 21.5. The molecular weight excluding hydrogens is 420 g/mol. The van der Waals surface area contributed by atoms with Crippen LogP contribution in [0.15, 0.2) is 66.7 Å². The van der Waals surface area contributed by atoms with Gasteiger partial charge in [-0.25, -0.2) is 9.48 Å². The third-order valence-electron chi connectivity index (χ3n) is 4.69. The van der Waals surface area contributed by atoms with Gasteiger partial charge in [0.25, 0.3) is 0 Å². The standard InChI is InChI=1S/C23H19ClN2O3S/c1-23(2,29)21-13-18(26(25-21)17-6-4-3-5-16(17)24)20-12-11-19(30-20)14-7-9-15(10-8-14)22(27)28/h3-13,29H,1-2H3,(H,27,28). The number of halogens is 1. The third-order valence-corrected chi connectivity index (χ3v) is 6.17. The average molecular weight is 439 g/mol. The predicted octanol–water partition coefficient (Wildman–Crippen LogP) is 5.85. The molecule has 0 aliphatic rings. The Labute approximate surface area is 182 Å². The number of hydrogen-bond acceptors (Lipinski definition) is 4. The first kappa shape index (κ1) is 20.3. The number of carboxylic acids is 1. The first-order valence-corrected chi connectivity index (χ1v) is 10.5. The van der Waals surface area contributed by atoms with Crippen LogP contribution >= 0.6 is 22.9 Å². The molecular formula is C23H19ClN2O3S. The highest BCUT2D eigenvalue weighted by Gasteiger charge is 2.24. The van der Waals surface area contributed by atoms with Gasteiger partial charge in [-0.05, 0) is 61.9 Å². The number of benzene rings is 2. The molecule has 0 aliphatic heterocycles. The Morgan fingerprint density at radius 3 is 2.33 bits per heavy atom. The fraction of sp³-hybridized carbons (Fsp3) is 0.130. The molecule has 4 aromatic rings. The van der Waals surface area contributed by atoms with Crippen molar-refractivity contribution in [1.29, 1.82) is 0 Å². The van der Waals surface area contributed by atoms with E-state index in [1.165, 1.54) is 0 Å². The van der Waals surface area contributed by atoms with Gasteiger partial charge in [0.1, 0.15) is 5.60 Å². The van der Waals surface area contributed by atoms with Crippen LogP contribution in [-0.2, 0) is 5.60 Å². The number of para-hydroxylation sites is 1. The maximum atomic E-state index is 11.1. The molecule has 0 spiro atoms. The summed E-state index contributed by atoms with van der Waals surface area (Å²) < 4.78 is 1.75. The lowest BCUT2D eigenvalue weighted by atomic mass is 10.1. The van der Waals surface area contributed by atoms with Crippen molar-refractivity contribution in [2.45, 2.75) is 19.4 Å². The lowest BCUT2D eigenvalue weighted by Crippen LogP contribution is -2.16. The summed E-state index contributed by atoms with van der Waals surface area (Å²) in [5.74, 6) is -0.948. The number of thiophene rings is 1. The van der Waals surface area contributed by atoms with Crippen molar-refractivity contribution in [2.24, 2.45) is 0 Å². The molecule has 2 aromatic carbocycles. The summed E-state index contributed by atoms with van der Waals surface area (Å²) in [6.45, 7) is 3.39. The normalized spacial score (nSPS) is 11.6. The number of nitrogens with zero attached hydrogens (tertiary/aromatic N) is 2. The Bertz CT molecular complexity index is 1220. The minimum absolute atomic E-state index is 0.252. The molecule has 2 N–H and O–H groups in total. The maximum Gasteiger partial charge on any atom is 0.335 e. The molecule has 0 amide bonds. The highest BCUT2D eigenvalue weighted by Crippen LogP contribution is 2.38. The van der Waals surface area contributed by atoms with Crippen molar-refractivity contribution in [3.63, 3.8) is 0 Å². The van der Waals surface area contributed by atoms with Crippen molar-refractivity contribution >= 4 is 28.9 Å². The monoisotopic (exact) mass is 438 g/mol. The largest absolute Gasteiger partial charge is 0.478 e. The number of carbonyl (C=O) groups is 1. The zero-order valence-electron chi connectivity index (χ0n) is 16.3. The van der Waals surface area contributed by atoms with Gasteiger partial charge in [-0.2, -0.15) is 5.10 Å². The Kier molecular flexibility index (Phi) is 5.24. The summed E-state index contributed by atoms with van der Waals surface area (Å²) in [7, 11) is 0. The van der Waals surface area contributed by atoms with Gasteiger partial charge in [-0.15, -0.1) is 11.3 Å². The molecule has 0 aliphatic carbocycles. The number of aromatic nitrogens is 2. The van der Waals surface area contributed by atoms with Crippen LogP contribution in [0.4, 0.5) is 0 Å². The summed E-state index contributed by atoms with van der Waals surface area (Å²) in [5.41, 5.74) is 2.17. The van der Waals surface area contributed by atoms with Crippen molar-refractivity contribution in [3.8, 4) is 26.7 Å². The van der Waals surface area contributed by atoms with Gasteiger partial charge in [0.2, 0.25) is 0 Å². The fourth-order valence-electron chi connectivity index (χ4n) is 3.07. The molecule has 5 nitrogen and oxygen atoms in total. The van der Waals surface area contributed by atoms with Gasteiger partial charge >= 0.3 is 5.97 Å². The topological polar surface area (TPSA) is 75.3 Å². The van der Waals surface area contributed by atoms with Crippen LogP contribution in [0.1, 0.15) is 29.9 Å². The highest BCUT2D eigenvalue weighted by atomic mass is 35.5. The minimum Gasteiger partial charge on any atom is -0.478 e. The number of rotatable bonds is 5. The van der Waals surface area contributed by atoms with Crippen LogP contribution in [0, 0.1) is 0 Å². The molecule has 0 saturated heterocycles. The second-order valence-electron chi connectivity index (χ2n) is 7.38. The zero-order valence-corrected chi connectivity index (χ0v) is 17.9. The molecule has 152 valence electrons. The molecule has 0 radical (unpaired) electrons. The summed E-state index contributed by atoms with van der Waals surface area (Å²) >= 11 is 7.97. The van der Waals surface area contributed by atoms with Crippen LogP contribution in [0.25, 0.3) is 26.7 Å². The van der Waals surface area contributed by atoms with E-state index in [9.17, 15) is 9.90 Å². The van der Waals surface area contributed by atoms with Crippen LogP contribution in [0.2, 0.25) is 5.02 Å². The van der Waals surface area contributed by atoms with E-state index < -0.39 is 11.6 Å². The van der Waals surface area contributed by atoms with Crippen molar-refractivity contribution in [2.75, 3.05) is 0 Å². The van der Waals surface area contributed by atoms with E-state index in [0.717, 1.165) is 26.7 Å². The lowest BCUT2D eigenvalue weighted by molar-refractivity contribution is 0.0695. The molecule has 30 heavy (non-hydrogen) atoms. The van der Waals surface area contributed by atoms with Gasteiger partial charge in [0, 0.05) is 4.88 Å². The SMILES string of the molecule is CC(C)(O)c1cc(-c2ccc(-c3ccc(C(=O)O)cc3)s2)n(-c2ccccc2Cl)n1. The first-order chi connectivity index (χ1) is 14.2. The summed E-state index contributed by atoms with van der Waals surface area (Å²) in [5, 5.41) is 24.8. The molecule has 0 fully saturated rings. The second kappa shape index (κ2) is 7.72. The third kappa shape index (κ3) is 3.89. The Morgan fingerprint density at radius 1 is 1.03 bits per heavy atom. The fourth-order valence-corrected chi connectivity index (χ4v) is 4.30. The Morgan fingerprint density at radius 2 is 1.70 bits per heavy atom. The lowest BCUT2D eigenvalue weighted by Gasteiger charge is -2.13. The van der Waals surface area contributed by atoms with E-state index in [0.29, 0.717) is 10.7 Å². The van der Waals surface area contributed by atoms with Gasteiger partial charge < -0.3 is 10.2 Å². The number of carboxylic acid groups (broad SMARTS) is 1. The van der Waals surface area contributed by atoms with Gasteiger partial charge in [0.05, 0.1) is 32.5 Å².